The first kappa shape index (κ1) is 20.1. The largest absolute Gasteiger partial charge is 0.496 e. The minimum absolute atomic E-state index is 0.0955. The van der Waals surface area contributed by atoms with E-state index >= 15 is 0 Å². The van der Waals surface area contributed by atoms with Gasteiger partial charge in [-0.25, -0.2) is 0 Å². The summed E-state index contributed by atoms with van der Waals surface area (Å²) in [5.41, 5.74) is 2.65. The van der Waals surface area contributed by atoms with E-state index in [1.54, 1.807) is 32.4 Å². The van der Waals surface area contributed by atoms with Crippen LogP contribution >= 0.6 is 15.9 Å². The number of aryl methyl sites for hydroxylation is 2. The average Bonchev–Trinajstić information content (AvgIpc) is 2.68. The third kappa shape index (κ3) is 3.42. The number of halogens is 1. The van der Waals surface area contributed by atoms with Gasteiger partial charge in [-0.2, -0.15) is 0 Å². The lowest BCUT2D eigenvalue weighted by Crippen LogP contribution is -2.10. The van der Waals surface area contributed by atoms with Crippen LogP contribution in [0.5, 0.6) is 23.0 Å². The number of hydrogen-bond acceptors (Lipinski definition) is 6. The highest BCUT2D eigenvalue weighted by atomic mass is 79.9. The summed E-state index contributed by atoms with van der Waals surface area (Å²) in [6.07, 6.45) is 0. The zero-order chi connectivity index (χ0) is 20.4. The van der Waals surface area contributed by atoms with Crippen LogP contribution in [0.1, 0.15) is 11.1 Å². The van der Waals surface area contributed by atoms with Gasteiger partial charge in [0.1, 0.15) is 22.2 Å². The van der Waals surface area contributed by atoms with Gasteiger partial charge in [0.2, 0.25) is 11.2 Å². The summed E-state index contributed by atoms with van der Waals surface area (Å²) in [4.78, 5) is 13.2. The van der Waals surface area contributed by atoms with Crippen LogP contribution in [0.15, 0.2) is 33.5 Å². The van der Waals surface area contributed by atoms with Gasteiger partial charge in [0, 0.05) is 5.56 Å². The molecule has 0 spiro atoms. The summed E-state index contributed by atoms with van der Waals surface area (Å²) in [6, 6.07) is 7.20. The molecule has 0 aliphatic heterocycles. The van der Waals surface area contributed by atoms with Crippen molar-refractivity contribution in [3.63, 3.8) is 0 Å². The van der Waals surface area contributed by atoms with Gasteiger partial charge < -0.3 is 23.4 Å². The fraction of sp³-hybridized carbons (Fsp3) is 0.286. The number of alkyl halides is 1. The Bertz CT molecular complexity index is 1090. The Morgan fingerprint density at radius 2 is 1.64 bits per heavy atom. The zero-order valence-electron chi connectivity index (χ0n) is 16.3. The van der Waals surface area contributed by atoms with E-state index in [1.807, 2.05) is 19.9 Å². The fourth-order valence-electron chi connectivity index (χ4n) is 3.22. The second-order valence-electron chi connectivity index (χ2n) is 6.21. The summed E-state index contributed by atoms with van der Waals surface area (Å²) in [6.45, 7) is 3.80. The molecule has 0 radical (unpaired) electrons. The minimum Gasteiger partial charge on any atom is -0.496 e. The van der Waals surface area contributed by atoms with Crippen molar-refractivity contribution in [1.29, 1.82) is 0 Å². The molecular weight excluding hydrogens is 428 g/mol. The maximum atomic E-state index is 13.2. The summed E-state index contributed by atoms with van der Waals surface area (Å²) < 4.78 is 28.0. The first-order valence-corrected chi connectivity index (χ1v) is 9.64. The SMILES string of the molecule is COc1cc(-c2oc3cc(C)cc(OC)c3c(=O)c2OCBr)cc(C)c1OC. The predicted octanol–water partition coefficient (Wildman–Crippen LogP) is 4.83. The van der Waals surface area contributed by atoms with Gasteiger partial charge in [0.05, 0.1) is 21.3 Å². The highest BCUT2D eigenvalue weighted by molar-refractivity contribution is 9.09. The van der Waals surface area contributed by atoms with Crippen molar-refractivity contribution in [2.45, 2.75) is 13.8 Å². The Hall–Kier alpha value is -2.67. The van der Waals surface area contributed by atoms with Gasteiger partial charge in [0.25, 0.3) is 0 Å². The Morgan fingerprint density at radius 3 is 2.25 bits per heavy atom. The Labute approximate surface area is 171 Å². The quantitative estimate of drug-likeness (QED) is 0.502. The summed E-state index contributed by atoms with van der Waals surface area (Å²) in [5, 5.41) is 0.338. The number of hydrogen-bond donors (Lipinski definition) is 0. The molecule has 0 saturated carbocycles. The average molecular weight is 449 g/mol. The second-order valence-corrected chi connectivity index (χ2v) is 6.67. The Balaban J connectivity index is 2.39. The molecule has 3 rings (SSSR count). The van der Waals surface area contributed by atoms with Gasteiger partial charge in [0.15, 0.2) is 17.3 Å². The van der Waals surface area contributed by atoms with Gasteiger partial charge in [-0.15, -0.1) is 0 Å². The molecule has 0 aliphatic carbocycles. The molecule has 2 aromatic carbocycles. The smallest absolute Gasteiger partial charge is 0.239 e. The lowest BCUT2D eigenvalue weighted by atomic mass is 10.0. The molecular formula is C21H21BrO6. The first-order chi connectivity index (χ1) is 13.4. The van der Waals surface area contributed by atoms with Crippen molar-refractivity contribution >= 4 is 26.9 Å². The second kappa shape index (κ2) is 8.14. The van der Waals surface area contributed by atoms with Crippen molar-refractivity contribution in [3.05, 3.63) is 45.6 Å². The van der Waals surface area contributed by atoms with Crippen molar-refractivity contribution < 1.29 is 23.4 Å². The van der Waals surface area contributed by atoms with Crippen molar-refractivity contribution in [2.24, 2.45) is 0 Å². The van der Waals surface area contributed by atoms with Crippen LogP contribution in [-0.2, 0) is 0 Å². The fourth-order valence-corrected chi connectivity index (χ4v) is 3.45. The number of rotatable bonds is 6. The molecule has 0 bridgehead atoms. The number of ether oxygens (including phenoxy) is 4. The molecule has 0 saturated heterocycles. The lowest BCUT2D eigenvalue weighted by molar-refractivity contribution is 0.352. The van der Waals surface area contributed by atoms with E-state index in [0.717, 1.165) is 11.1 Å². The topological polar surface area (TPSA) is 67.1 Å². The van der Waals surface area contributed by atoms with Crippen molar-refractivity contribution in [3.8, 4) is 34.3 Å². The highest BCUT2D eigenvalue weighted by Gasteiger charge is 2.22. The van der Waals surface area contributed by atoms with Crippen LogP contribution in [0.2, 0.25) is 0 Å². The predicted molar refractivity (Wildman–Crippen MR) is 111 cm³/mol. The van der Waals surface area contributed by atoms with Crippen LogP contribution in [-0.4, -0.2) is 26.8 Å². The summed E-state index contributed by atoms with van der Waals surface area (Å²) >= 11 is 3.22. The maximum Gasteiger partial charge on any atom is 0.239 e. The van der Waals surface area contributed by atoms with E-state index in [0.29, 0.717) is 39.5 Å². The van der Waals surface area contributed by atoms with Gasteiger partial charge in [-0.05, 0) is 65.2 Å². The highest BCUT2D eigenvalue weighted by Crippen LogP contribution is 2.40. The van der Waals surface area contributed by atoms with E-state index in [9.17, 15) is 4.79 Å². The summed E-state index contributed by atoms with van der Waals surface area (Å²) in [5.74, 6) is 2.01. The van der Waals surface area contributed by atoms with Crippen molar-refractivity contribution in [1.82, 2.24) is 0 Å². The normalized spacial score (nSPS) is 10.8. The third-order valence-corrected chi connectivity index (χ3v) is 4.64. The number of fused-ring (bicyclic) bond motifs is 1. The van der Waals surface area contributed by atoms with Gasteiger partial charge in [-0.1, -0.05) is 0 Å². The molecule has 148 valence electrons. The molecule has 0 atom stereocenters. The Kier molecular flexibility index (Phi) is 5.84. The first-order valence-electron chi connectivity index (χ1n) is 8.52. The van der Waals surface area contributed by atoms with Crippen LogP contribution in [0.25, 0.3) is 22.3 Å². The van der Waals surface area contributed by atoms with E-state index < -0.39 is 0 Å². The molecule has 0 aliphatic rings. The molecule has 0 fully saturated rings. The number of benzene rings is 2. The molecule has 6 nitrogen and oxygen atoms in total. The molecule has 1 heterocycles. The molecule has 0 amide bonds. The van der Waals surface area contributed by atoms with E-state index in [4.69, 9.17) is 23.4 Å². The van der Waals surface area contributed by atoms with E-state index in [2.05, 4.69) is 15.9 Å². The summed E-state index contributed by atoms with van der Waals surface area (Å²) in [7, 11) is 4.65. The van der Waals surface area contributed by atoms with Crippen LogP contribution < -0.4 is 24.4 Å². The minimum atomic E-state index is -0.306. The van der Waals surface area contributed by atoms with Gasteiger partial charge >= 0.3 is 0 Å². The van der Waals surface area contributed by atoms with E-state index in [-0.39, 0.29) is 16.7 Å². The number of methoxy groups -OCH3 is 3. The zero-order valence-corrected chi connectivity index (χ0v) is 17.9. The molecule has 28 heavy (non-hydrogen) atoms. The molecule has 0 N–H and O–H groups in total. The third-order valence-electron chi connectivity index (χ3n) is 4.41. The van der Waals surface area contributed by atoms with E-state index in [1.165, 1.54) is 7.11 Å². The standard InChI is InChI=1S/C21H21BrO6/c1-11-6-14(24-3)17-15(7-11)28-20(21(18(17)23)27-10-22)13-8-12(2)19(26-5)16(9-13)25-4/h6-9H,10H2,1-5H3. The molecule has 7 heteroatoms. The molecule has 1 aromatic heterocycles. The van der Waals surface area contributed by atoms with Gasteiger partial charge in [-0.3, -0.25) is 4.79 Å². The van der Waals surface area contributed by atoms with Crippen LogP contribution in [0.4, 0.5) is 0 Å². The van der Waals surface area contributed by atoms with Crippen LogP contribution in [0, 0.1) is 13.8 Å². The maximum absolute atomic E-state index is 13.2. The van der Waals surface area contributed by atoms with Crippen molar-refractivity contribution in [2.75, 3.05) is 26.8 Å². The lowest BCUT2D eigenvalue weighted by Gasteiger charge is -2.15. The molecule has 0 unspecified atom stereocenters. The monoisotopic (exact) mass is 448 g/mol. The molecule has 3 aromatic rings. The van der Waals surface area contributed by atoms with Crippen LogP contribution in [0.3, 0.4) is 0 Å². The Morgan fingerprint density at radius 1 is 0.929 bits per heavy atom.